The van der Waals surface area contributed by atoms with Crippen LogP contribution in [0.1, 0.15) is 44.6 Å². The van der Waals surface area contributed by atoms with E-state index in [1.807, 2.05) is 0 Å². The van der Waals surface area contributed by atoms with E-state index in [4.69, 9.17) is 27.9 Å². The van der Waals surface area contributed by atoms with Gasteiger partial charge in [-0.15, -0.1) is 0 Å². The molecule has 4 rings (SSSR count). The van der Waals surface area contributed by atoms with Crippen LogP contribution in [0.15, 0.2) is 77.7 Å². The van der Waals surface area contributed by atoms with Crippen LogP contribution in [0.4, 0.5) is 5.69 Å². The van der Waals surface area contributed by atoms with Gasteiger partial charge in [-0.3, -0.25) is 13.9 Å². The van der Waals surface area contributed by atoms with Crippen molar-refractivity contribution in [3.8, 4) is 5.75 Å². The van der Waals surface area contributed by atoms with Crippen molar-refractivity contribution in [2.45, 2.75) is 62.6 Å². The average Bonchev–Trinajstić information content (AvgIpc) is 2.99. The Morgan fingerprint density at radius 2 is 1.69 bits per heavy atom. The molecule has 1 fully saturated rings. The lowest BCUT2D eigenvalue weighted by Gasteiger charge is -2.33. The van der Waals surface area contributed by atoms with Gasteiger partial charge < -0.3 is 15.0 Å². The Balaban J connectivity index is 1.69. The smallest absolute Gasteiger partial charge is 0.264 e. The molecule has 3 aromatic rings. The van der Waals surface area contributed by atoms with Crippen molar-refractivity contribution >= 4 is 50.7 Å². The van der Waals surface area contributed by atoms with Gasteiger partial charge in [-0.2, -0.15) is 0 Å². The van der Waals surface area contributed by atoms with Crippen LogP contribution in [0, 0.1) is 0 Å². The normalized spacial score (nSPS) is 14.6. The summed E-state index contributed by atoms with van der Waals surface area (Å²) in [6, 6.07) is 18.5. The van der Waals surface area contributed by atoms with Crippen molar-refractivity contribution in [1.82, 2.24) is 10.2 Å². The zero-order valence-corrected chi connectivity index (χ0v) is 26.0. The molecule has 1 aliphatic carbocycles. The number of hydrogen-bond acceptors (Lipinski definition) is 5. The highest BCUT2D eigenvalue weighted by Gasteiger charge is 2.33. The molecular formula is C31H35Cl2N3O5S. The van der Waals surface area contributed by atoms with E-state index >= 15 is 0 Å². The van der Waals surface area contributed by atoms with E-state index in [2.05, 4.69) is 5.32 Å². The highest BCUT2D eigenvalue weighted by Crippen LogP contribution is 2.32. The highest BCUT2D eigenvalue weighted by molar-refractivity contribution is 7.92. The molecule has 1 aliphatic rings. The topological polar surface area (TPSA) is 96.0 Å². The predicted octanol–water partition coefficient (Wildman–Crippen LogP) is 6.06. The molecule has 0 spiro atoms. The number of benzene rings is 3. The third kappa shape index (κ3) is 7.76. The zero-order chi connectivity index (χ0) is 30.3. The number of carbonyl (C=O) groups excluding carboxylic acids is 2. The minimum Gasteiger partial charge on any atom is -0.495 e. The molecule has 1 N–H and O–H groups in total. The summed E-state index contributed by atoms with van der Waals surface area (Å²) in [7, 11) is -2.75. The molecule has 8 nitrogen and oxygen atoms in total. The summed E-state index contributed by atoms with van der Waals surface area (Å²) in [5.74, 6) is -0.491. The molecular weight excluding hydrogens is 597 g/mol. The first-order valence-corrected chi connectivity index (χ1v) is 16.1. The number of methoxy groups -OCH3 is 1. The minimum absolute atomic E-state index is 0.00854. The number of anilines is 1. The number of carbonyl (C=O) groups is 2. The van der Waals surface area contributed by atoms with Crippen LogP contribution in [0.5, 0.6) is 5.75 Å². The van der Waals surface area contributed by atoms with Crippen molar-refractivity contribution in [3.05, 3.63) is 88.4 Å². The maximum atomic E-state index is 14.1. The van der Waals surface area contributed by atoms with Crippen LogP contribution in [0.2, 0.25) is 10.0 Å². The number of halogens is 2. The second kappa shape index (κ2) is 14.3. The number of rotatable bonds is 11. The summed E-state index contributed by atoms with van der Waals surface area (Å²) in [6.07, 6.45) is 5.01. The van der Waals surface area contributed by atoms with Crippen molar-refractivity contribution < 1.29 is 22.7 Å². The predicted molar refractivity (Wildman–Crippen MR) is 165 cm³/mol. The molecule has 0 bridgehead atoms. The Labute approximate surface area is 257 Å². The van der Waals surface area contributed by atoms with Crippen molar-refractivity contribution in [2.24, 2.45) is 0 Å². The van der Waals surface area contributed by atoms with Gasteiger partial charge in [0.2, 0.25) is 11.8 Å². The van der Waals surface area contributed by atoms with Gasteiger partial charge in [-0.25, -0.2) is 8.42 Å². The molecule has 11 heteroatoms. The van der Waals surface area contributed by atoms with Gasteiger partial charge in [0.15, 0.2) is 0 Å². The molecule has 0 saturated heterocycles. The first-order chi connectivity index (χ1) is 20.1. The molecule has 1 unspecified atom stereocenters. The van der Waals surface area contributed by atoms with Crippen LogP contribution < -0.4 is 14.4 Å². The van der Waals surface area contributed by atoms with E-state index in [0.29, 0.717) is 16.3 Å². The fourth-order valence-corrected chi connectivity index (χ4v) is 6.93. The van der Waals surface area contributed by atoms with Crippen molar-refractivity contribution in [1.29, 1.82) is 0 Å². The molecule has 0 radical (unpaired) electrons. The lowest BCUT2D eigenvalue weighted by Crippen LogP contribution is -2.53. The summed E-state index contributed by atoms with van der Waals surface area (Å²) in [6.45, 7) is 1.14. The summed E-state index contributed by atoms with van der Waals surface area (Å²) >= 11 is 12.6. The quantitative estimate of drug-likeness (QED) is 0.277. The maximum absolute atomic E-state index is 14.1. The Hall–Kier alpha value is -3.27. The second-order valence-electron chi connectivity index (χ2n) is 10.3. The van der Waals surface area contributed by atoms with Gasteiger partial charge in [0.05, 0.1) is 22.7 Å². The monoisotopic (exact) mass is 631 g/mol. The number of nitrogens with one attached hydrogen (secondary N) is 1. The summed E-state index contributed by atoms with van der Waals surface area (Å²) in [5.41, 5.74) is 0.887. The van der Waals surface area contributed by atoms with Crippen LogP contribution in [-0.2, 0) is 26.2 Å². The van der Waals surface area contributed by atoms with E-state index in [-0.39, 0.29) is 34.1 Å². The molecule has 1 atom stereocenters. The van der Waals surface area contributed by atoms with Crippen molar-refractivity contribution in [3.63, 3.8) is 0 Å². The molecule has 0 heterocycles. The number of nitrogens with zero attached hydrogens (tertiary/aromatic N) is 2. The highest BCUT2D eigenvalue weighted by atomic mass is 35.5. The molecule has 224 valence electrons. The average molecular weight is 633 g/mol. The number of hydrogen-bond donors (Lipinski definition) is 1. The fraction of sp³-hybridized carbons (Fsp3) is 0.355. The second-order valence-corrected chi connectivity index (χ2v) is 13.0. The van der Waals surface area contributed by atoms with E-state index in [9.17, 15) is 18.0 Å². The van der Waals surface area contributed by atoms with E-state index in [1.165, 1.54) is 36.3 Å². The molecule has 0 aliphatic heterocycles. The largest absolute Gasteiger partial charge is 0.495 e. The minimum atomic E-state index is -4.20. The maximum Gasteiger partial charge on any atom is 0.264 e. The number of ether oxygens (including phenoxy) is 1. The van der Waals surface area contributed by atoms with E-state index < -0.39 is 28.5 Å². The first-order valence-electron chi connectivity index (χ1n) is 13.9. The Bertz CT molecular complexity index is 1500. The Morgan fingerprint density at radius 1 is 0.976 bits per heavy atom. The third-order valence-corrected chi connectivity index (χ3v) is 9.71. The Kier molecular flexibility index (Phi) is 10.8. The van der Waals surface area contributed by atoms with Gasteiger partial charge in [-0.05, 0) is 67.8 Å². The standard InChI is InChI=1S/C31H35Cl2N3O5S/c1-22(31(38)34-25-12-5-3-6-13-25)35(20-23-10-9-11-24(32)18-23)30(37)21-36(26-16-17-29(41-2)28(33)19-26)42(39,40)27-14-7-4-8-15-27/h4,7-11,14-19,22,25H,3,5-6,12-13,20-21H2,1-2H3,(H,34,38). The number of sulfonamides is 1. The molecule has 1 saturated carbocycles. The first kappa shape index (κ1) is 31.7. The van der Waals surface area contributed by atoms with Gasteiger partial charge >= 0.3 is 0 Å². The summed E-state index contributed by atoms with van der Waals surface area (Å²) in [4.78, 5) is 28.9. The summed E-state index contributed by atoms with van der Waals surface area (Å²) in [5, 5.41) is 3.76. The molecule has 3 aromatic carbocycles. The van der Waals surface area contributed by atoms with Gasteiger partial charge in [0.1, 0.15) is 18.3 Å². The van der Waals surface area contributed by atoms with E-state index in [1.54, 1.807) is 55.5 Å². The molecule has 0 aromatic heterocycles. The van der Waals surface area contributed by atoms with Gasteiger partial charge in [0.25, 0.3) is 10.0 Å². The lowest BCUT2D eigenvalue weighted by atomic mass is 9.95. The number of amides is 2. The summed E-state index contributed by atoms with van der Waals surface area (Å²) < 4.78 is 34.1. The van der Waals surface area contributed by atoms with Crippen LogP contribution in [0.25, 0.3) is 0 Å². The Morgan fingerprint density at radius 3 is 2.33 bits per heavy atom. The zero-order valence-electron chi connectivity index (χ0n) is 23.6. The third-order valence-electron chi connectivity index (χ3n) is 7.39. The molecule has 42 heavy (non-hydrogen) atoms. The SMILES string of the molecule is COc1ccc(N(CC(=O)N(Cc2cccc(Cl)c2)C(C)C(=O)NC2CCCCC2)S(=O)(=O)c2ccccc2)cc1Cl. The van der Waals surface area contributed by atoms with Crippen molar-refractivity contribution in [2.75, 3.05) is 18.0 Å². The fourth-order valence-electron chi connectivity index (χ4n) is 5.04. The van der Waals surface area contributed by atoms with Gasteiger partial charge in [0, 0.05) is 17.6 Å². The van der Waals surface area contributed by atoms with Crippen LogP contribution in [0.3, 0.4) is 0 Å². The van der Waals surface area contributed by atoms with Gasteiger partial charge in [-0.1, -0.05) is 72.8 Å². The van der Waals surface area contributed by atoms with Crippen LogP contribution >= 0.6 is 23.2 Å². The molecule has 2 amide bonds. The van der Waals surface area contributed by atoms with Crippen LogP contribution in [-0.4, -0.2) is 50.9 Å². The lowest BCUT2D eigenvalue weighted by molar-refractivity contribution is -0.139. The van der Waals surface area contributed by atoms with E-state index in [0.717, 1.165) is 36.4 Å².